The van der Waals surface area contributed by atoms with Crippen LogP contribution in [0.4, 0.5) is 0 Å². The van der Waals surface area contributed by atoms with E-state index < -0.39 is 0 Å². The number of benzene rings is 1. The Hall–Kier alpha value is -1.35. The number of rotatable bonds is 5. The summed E-state index contributed by atoms with van der Waals surface area (Å²) in [4.78, 5) is 14.2. The molecule has 0 aliphatic heterocycles. The van der Waals surface area contributed by atoms with Gasteiger partial charge in [0.15, 0.2) is 0 Å². The van der Waals surface area contributed by atoms with E-state index in [9.17, 15) is 4.79 Å². The maximum Gasteiger partial charge on any atom is 0.228 e. The average molecular weight is 262 g/mol. The molecule has 0 aromatic heterocycles. The number of nitrogens with two attached hydrogens (primary N) is 1. The molecule has 1 aromatic rings. The van der Waals surface area contributed by atoms with Gasteiger partial charge in [-0.15, -0.1) is 0 Å². The van der Waals surface area contributed by atoms with Crippen molar-refractivity contribution < 1.29 is 4.79 Å². The number of carbonyl (C=O) groups excluding carboxylic acids is 1. The van der Waals surface area contributed by atoms with E-state index in [0.717, 1.165) is 0 Å². The highest BCUT2D eigenvalue weighted by Gasteiger charge is 2.29. The van der Waals surface area contributed by atoms with Crippen LogP contribution in [0, 0.1) is 19.3 Å². The first-order valence-electron chi connectivity index (χ1n) is 6.79. The minimum absolute atomic E-state index is 0.149. The van der Waals surface area contributed by atoms with Crippen molar-refractivity contribution in [3.63, 3.8) is 0 Å². The van der Waals surface area contributed by atoms with Crippen molar-refractivity contribution in [2.45, 2.75) is 40.7 Å². The molecule has 1 rings (SSSR count). The molecule has 0 radical (unpaired) electrons. The highest BCUT2D eigenvalue weighted by atomic mass is 16.2. The van der Waals surface area contributed by atoms with Crippen LogP contribution < -0.4 is 5.73 Å². The third-order valence-corrected chi connectivity index (χ3v) is 3.69. The molecule has 19 heavy (non-hydrogen) atoms. The highest BCUT2D eigenvalue weighted by molar-refractivity contribution is 5.81. The first-order chi connectivity index (χ1) is 8.77. The molecule has 0 fully saturated rings. The second-order valence-electron chi connectivity index (χ2n) is 6.00. The zero-order valence-corrected chi connectivity index (χ0v) is 12.8. The maximum absolute atomic E-state index is 12.4. The van der Waals surface area contributed by atoms with Gasteiger partial charge in [0.25, 0.3) is 0 Å². The number of hydrogen-bond donors (Lipinski definition) is 1. The normalized spacial score (nSPS) is 11.5. The van der Waals surface area contributed by atoms with Crippen LogP contribution in [0.5, 0.6) is 0 Å². The Bertz CT molecular complexity index is 452. The first kappa shape index (κ1) is 15.7. The molecular formula is C16H26N2O. The van der Waals surface area contributed by atoms with Gasteiger partial charge in [-0.1, -0.05) is 32.0 Å². The van der Waals surface area contributed by atoms with Crippen LogP contribution in [0.2, 0.25) is 0 Å². The van der Waals surface area contributed by atoms with E-state index >= 15 is 0 Å². The van der Waals surface area contributed by atoms with Gasteiger partial charge in [-0.2, -0.15) is 0 Å². The Labute approximate surface area is 116 Å². The van der Waals surface area contributed by atoms with Crippen LogP contribution in [0.25, 0.3) is 0 Å². The summed E-state index contributed by atoms with van der Waals surface area (Å²) in [6, 6.07) is 6.34. The maximum atomic E-state index is 12.4. The molecule has 0 saturated carbocycles. The van der Waals surface area contributed by atoms with Gasteiger partial charge in [-0.05, 0) is 43.5 Å². The van der Waals surface area contributed by atoms with Crippen LogP contribution in [0.15, 0.2) is 18.2 Å². The summed E-state index contributed by atoms with van der Waals surface area (Å²) >= 11 is 0. The Morgan fingerprint density at radius 2 is 1.89 bits per heavy atom. The lowest BCUT2D eigenvalue weighted by Crippen LogP contribution is -2.39. The van der Waals surface area contributed by atoms with Crippen molar-refractivity contribution in [3.8, 4) is 0 Å². The van der Waals surface area contributed by atoms with Gasteiger partial charge in [-0.3, -0.25) is 4.79 Å². The number of aryl methyl sites for hydroxylation is 2. The zero-order chi connectivity index (χ0) is 14.6. The molecule has 0 saturated heterocycles. The van der Waals surface area contributed by atoms with E-state index in [-0.39, 0.29) is 11.3 Å². The molecule has 0 aliphatic rings. The summed E-state index contributed by atoms with van der Waals surface area (Å²) in [5.74, 6) is 0.149. The molecule has 0 spiro atoms. The van der Waals surface area contributed by atoms with Gasteiger partial charge in [0, 0.05) is 19.0 Å². The molecule has 0 unspecified atom stereocenters. The molecule has 2 N–H and O–H groups in total. The number of hydrogen-bond acceptors (Lipinski definition) is 2. The van der Waals surface area contributed by atoms with Crippen molar-refractivity contribution in [1.29, 1.82) is 0 Å². The Kier molecular flexibility index (Phi) is 5.12. The van der Waals surface area contributed by atoms with Gasteiger partial charge < -0.3 is 10.6 Å². The number of amides is 1. The van der Waals surface area contributed by atoms with Crippen LogP contribution in [0.3, 0.4) is 0 Å². The standard InChI is InChI=1S/C16H26N2O/c1-12-6-7-14(10-13(12)2)11-18(5)15(19)16(3,4)8-9-17/h6-7,10H,8-9,11,17H2,1-5H3. The van der Waals surface area contributed by atoms with Crippen LogP contribution in [0.1, 0.15) is 37.0 Å². The minimum Gasteiger partial charge on any atom is -0.341 e. The van der Waals surface area contributed by atoms with E-state index in [1.807, 2.05) is 20.9 Å². The molecule has 3 heteroatoms. The minimum atomic E-state index is -0.386. The molecule has 1 aromatic carbocycles. The van der Waals surface area contributed by atoms with Crippen molar-refractivity contribution in [3.05, 3.63) is 34.9 Å². The van der Waals surface area contributed by atoms with Gasteiger partial charge >= 0.3 is 0 Å². The third kappa shape index (κ3) is 4.06. The monoisotopic (exact) mass is 262 g/mol. The SMILES string of the molecule is Cc1ccc(CN(C)C(=O)C(C)(C)CCN)cc1C. The third-order valence-electron chi connectivity index (χ3n) is 3.69. The molecule has 0 atom stereocenters. The molecule has 0 heterocycles. The largest absolute Gasteiger partial charge is 0.341 e. The van der Waals surface area contributed by atoms with E-state index in [2.05, 4.69) is 32.0 Å². The molecular weight excluding hydrogens is 236 g/mol. The second-order valence-corrected chi connectivity index (χ2v) is 6.00. The predicted molar refractivity (Wildman–Crippen MR) is 79.8 cm³/mol. The van der Waals surface area contributed by atoms with Crippen molar-refractivity contribution in [2.24, 2.45) is 11.1 Å². The van der Waals surface area contributed by atoms with E-state index in [1.54, 1.807) is 4.90 Å². The highest BCUT2D eigenvalue weighted by Crippen LogP contribution is 2.23. The van der Waals surface area contributed by atoms with Gasteiger partial charge in [0.2, 0.25) is 5.91 Å². The summed E-state index contributed by atoms with van der Waals surface area (Å²) in [6.07, 6.45) is 0.711. The van der Waals surface area contributed by atoms with Crippen LogP contribution in [-0.4, -0.2) is 24.4 Å². The summed E-state index contributed by atoms with van der Waals surface area (Å²) in [6.45, 7) is 9.29. The van der Waals surface area contributed by atoms with E-state index in [0.29, 0.717) is 19.5 Å². The summed E-state index contributed by atoms with van der Waals surface area (Å²) < 4.78 is 0. The molecule has 0 aliphatic carbocycles. The number of carbonyl (C=O) groups is 1. The first-order valence-corrected chi connectivity index (χ1v) is 6.79. The fourth-order valence-corrected chi connectivity index (χ4v) is 2.23. The topological polar surface area (TPSA) is 46.3 Å². The van der Waals surface area contributed by atoms with Crippen LogP contribution >= 0.6 is 0 Å². The molecule has 106 valence electrons. The fourth-order valence-electron chi connectivity index (χ4n) is 2.23. The smallest absolute Gasteiger partial charge is 0.228 e. The van der Waals surface area contributed by atoms with Crippen molar-refractivity contribution >= 4 is 5.91 Å². The number of nitrogens with zero attached hydrogens (tertiary/aromatic N) is 1. The Morgan fingerprint density at radius 3 is 2.42 bits per heavy atom. The lowest BCUT2D eigenvalue weighted by molar-refractivity contribution is -0.139. The van der Waals surface area contributed by atoms with Crippen molar-refractivity contribution in [2.75, 3.05) is 13.6 Å². The second kappa shape index (κ2) is 6.20. The average Bonchev–Trinajstić information content (AvgIpc) is 2.32. The quantitative estimate of drug-likeness (QED) is 0.886. The Morgan fingerprint density at radius 1 is 1.26 bits per heavy atom. The van der Waals surface area contributed by atoms with E-state index in [4.69, 9.17) is 5.73 Å². The fraction of sp³-hybridized carbons (Fsp3) is 0.562. The molecule has 0 bridgehead atoms. The molecule has 1 amide bonds. The summed E-state index contributed by atoms with van der Waals surface area (Å²) in [5.41, 5.74) is 8.90. The summed E-state index contributed by atoms with van der Waals surface area (Å²) in [5, 5.41) is 0. The van der Waals surface area contributed by atoms with E-state index in [1.165, 1.54) is 16.7 Å². The Balaban J connectivity index is 2.76. The predicted octanol–water partition coefficient (Wildman–Crippen LogP) is 2.64. The van der Waals surface area contributed by atoms with Crippen LogP contribution in [-0.2, 0) is 11.3 Å². The lowest BCUT2D eigenvalue weighted by atomic mass is 9.87. The van der Waals surface area contributed by atoms with Crippen molar-refractivity contribution in [1.82, 2.24) is 4.90 Å². The molecule has 3 nitrogen and oxygen atoms in total. The summed E-state index contributed by atoms with van der Waals surface area (Å²) in [7, 11) is 1.86. The lowest BCUT2D eigenvalue weighted by Gasteiger charge is -2.29. The van der Waals surface area contributed by atoms with Gasteiger partial charge in [-0.25, -0.2) is 0 Å². The van der Waals surface area contributed by atoms with Gasteiger partial charge in [0.1, 0.15) is 0 Å². The zero-order valence-electron chi connectivity index (χ0n) is 12.8. The van der Waals surface area contributed by atoms with Gasteiger partial charge in [0.05, 0.1) is 0 Å².